The summed E-state index contributed by atoms with van der Waals surface area (Å²) in [5, 5.41) is 1.04. The molecule has 1 aliphatic heterocycles. The van der Waals surface area contributed by atoms with Crippen LogP contribution in [0.15, 0.2) is 222 Å². The lowest BCUT2D eigenvalue weighted by atomic mass is 9.70. The van der Waals surface area contributed by atoms with Crippen molar-refractivity contribution in [3.05, 3.63) is 235 Å². The van der Waals surface area contributed by atoms with Crippen LogP contribution in [0.2, 0.25) is 0 Å². The molecular formula is C57H35N3S. The van der Waals surface area contributed by atoms with Gasteiger partial charge >= 0.3 is 0 Å². The smallest absolute Gasteiger partial charge is 0.160 e. The minimum atomic E-state index is -0.468. The van der Waals surface area contributed by atoms with Crippen molar-refractivity contribution in [3.8, 4) is 56.0 Å². The molecule has 9 aromatic carbocycles. The van der Waals surface area contributed by atoms with E-state index >= 15 is 0 Å². The van der Waals surface area contributed by atoms with Gasteiger partial charge in [0.25, 0.3) is 0 Å². The zero-order chi connectivity index (χ0) is 40.1. The first-order valence-electron chi connectivity index (χ1n) is 20.8. The third-order valence-corrected chi connectivity index (χ3v) is 14.0. The zero-order valence-corrected chi connectivity index (χ0v) is 33.8. The average molecular weight is 794 g/mol. The van der Waals surface area contributed by atoms with Gasteiger partial charge < -0.3 is 4.90 Å². The molecule has 0 bridgehead atoms. The quantitative estimate of drug-likeness (QED) is 0.178. The molecule has 2 heterocycles. The van der Waals surface area contributed by atoms with E-state index in [1.807, 2.05) is 11.8 Å². The van der Waals surface area contributed by atoms with Crippen molar-refractivity contribution >= 4 is 39.7 Å². The van der Waals surface area contributed by atoms with Gasteiger partial charge in [0.15, 0.2) is 5.82 Å². The van der Waals surface area contributed by atoms with E-state index in [9.17, 15) is 0 Å². The van der Waals surface area contributed by atoms with Crippen molar-refractivity contribution in [1.82, 2.24) is 9.97 Å². The lowest BCUT2D eigenvalue weighted by molar-refractivity contribution is 0.792. The molecule has 0 saturated carbocycles. The zero-order valence-electron chi connectivity index (χ0n) is 33.0. The summed E-state index contributed by atoms with van der Waals surface area (Å²) in [6.07, 6.45) is 0. The predicted molar refractivity (Wildman–Crippen MR) is 251 cm³/mol. The van der Waals surface area contributed by atoms with Crippen LogP contribution in [0.4, 0.5) is 17.1 Å². The number of benzene rings is 9. The molecule has 1 spiro atoms. The van der Waals surface area contributed by atoms with Crippen LogP contribution in [0.5, 0.6) is 0 Å². The second-order valence-corrected chi connectivity index (χ2v) is 17.1. The maximum Gasteiger partial charge on any atom is 0.160 e. The summed E-state index contributed by atoms with van der Waals surface area (Å²) >= 11 is 1.84. The summed E-state index contributed by atoms with van der Waals surface area (Å²) in [7, 11) is 0. The van der Waals surface area contributed by atoms with E-state index in [2.05, 4.69) is 217 Å². The molecule has 0 unspecified atom stereocenters. The maximum absolute atomic E-state index is 5.33. The summed E-state index contributed by atoms with van der Waals surface area (Å²) in [6, 6.07) is 77.4. The number of fused-ring (bicyclic) bond motifs is 11. The van der Waals surface area contributed by atoms with Crippen molar-refractivity contribution in [2.24, 2.45) is 0 Å². The molecule has 13 rings (SSSR count). The number of para-hydroxylation sites is 3. The van der Waals surface area contributed by atoms with Gasteiger partial charge in [-0.05, 0) is 93.0 Å². The fraction of sp³-hybridized carbons (Fsp3) is 0.0175. The predicted octanol–water partition coefficient (Wildman–Crippen LogP) is 14.9. The van der Waals surface area contributed by atoms with Gasteiger partial charge in [0, 0.05) is 43.1 Å². The highest BCUT2D eigenvalue weighted by Gasteiger charge is 2.53. The Morgan fingerprint density at radius 2 is 1.00 bits per heavy atom. The standard InChI is InChI=1S/C57H35N3S/c1-3-17-36(18-4-1)55-43-24-9-13-30-48(43)58-56(59-55)37-33-34-50-52(35-37)61-51-32-16-29-47-54(51)53-42(41-23-10-14-31-49(41)60(50)38-19-5-2-6-20-38)25-15-28-46(53)57(47)44-26-11-7-21-39(44)40-22-8-12-27-45(40)57/h1-35H. The molecule has 2 aliphatic carbocycles. The van der Waals surface area contributed by atoms with Crippen LogP contribution < -0.4 is 4.90 Å². The Bertz CT molecular complexity index is 3370. The van der Waals surface area contributed by atoms with Gasteiger partial charge in [-0.1, -0.05) is 176 Å². The van der Waals surface area contributed by atoms with E-state index in [1.54, 1.807) is 0 Å². The Morgan fingerprint density at radius 1 is 0.393 bits per heavy atom. The second-order valence-electron chi connectivity index (χ2n) is 16.0. The third-order valence-electron chi connectivity index (χ3n) is 12.9. The first-order chi connectivity index (χ1) is 30.3. The highest BCUT2D eigenvalue weighted by atomic mass is 32.2. The monoisotopic (exact) mass is 793 g/mol. The molecule has 0 atom stereocenters. The fourth-order valence-electron chi connectivity index (χ4n) is 10.4. The maximum atomic E-state index is 5.33. The molecule has 4 heteroatoms. The summed E-state index contributed by atoms with van der Waals surface area (Å²) in [4.78, 5) is 15.3. The first-order valence-corrected chi connectivity index (χ1v) is 21.6. The highest BCUT2D eigenvalue weighted by Crippen LogP contribution is 2.66. The van der Waals surface area contributed by atoms with Crippen molar-refractivity contribution < 1.29 is 0 Å². The lowest BCUT2D eigenvalue weighted by Gasteiger charge is -2.31. The van der Waals surface area contributed by atoms with Gasteiger partial charge in [-0.25, -0.2) is 9.97 Å². The van der Waals surface area contributed by atoms with E-state index in [0.717, 1.165) is 49.7 Å². The Morgan fingerprint density at radius 3 is 1.79 bits per heavy atom. The van der Waals surface area contributed by atoms with Crippen molar-refractivity contribution in [1.29, 1.82) is 0 Å². The van der Waals surface area contributed by atoms with Crippen LogP contribution in [0.1, 0.15) is 22.3 Å². The van der Waals surface area contributed by atoms with Crippen LogP contribution in [0.25, 0.3) is 66.9 Å². The molecule has 3 aliphatic rings. The molecule has 3 nitrogen and oxygen atoms in total. The van der Waals surface area contributed by atoms with Gasteiger partial charge in [0.1, 0.15) is 0 Å². The molecule has 0 saturated heterocycles. The number of nitrogens with zero attached hydrogens (tertiary/aromatic N) is 3. The summed E-state index contributed by atoms with van der Waals surface area (Å²) in [5.74, 6) is 0.703. The van der Waals surface area contributed by atoms with Gasteiger partial charge in [-0.15, -0.1) is 0 Å². The molecule has 0 fully saturated rings. The van der Waals surface area contributed by atoms with Crippen molar-refractivity contribution in [3.63, 3.8) is 0 Å². The van der Waals surface area contributed by atoms with Gasteiger partial charge in [-0.2, -0.15) is 0 Å². The third kappa shape index (κ3) is 4.88. The Balaban J connectivity index is 1.12. The first kappa shape index (κ1) is 34.3. The Kier molecular flexibility index (Phi) is 7.45. The van der Waals surface area contributed by atoms with Gasteiger partial charge in [0.05, 0.1) is 28.0 Å². The van der Waals surface area contributed by atoms with Gasteiger partial charge in [-0.3, -0.25) is 0 Å². The molecule has 284 valence electrons. The minimum Gasteiger partial charge on any atom is -0.309 e. The number of aromatic nitrogens is 2. The number of hydrogen-bond donors (Lipinski definition) is 0. The normalized spacial score (nSPS) is 13.6. The largest absolute Gasteiger partial charge is 0.309 e. The topological polar surface area (TPSA) is 29.0 Å². The Labute approximate surface area is 358 Å². The van der Waals surface area contributed by atoms with Crippen molar-refractivity contribution in [2.45, 2.75) is 15.2 Å². The number of hydrogen-bond acceptors (Lipinski definition) is 4. The lowest BCUT2D eigenvalue weighted by Crippen LogP contribution is -2.25. The van der Waals surface area contributed by atoms with Crippen LogP contribution in [0.3, 0.4) is 0 Å². The van der Waals surface area contributed by atoms with E-state index in [4.69, 9.17) is 9.97 Å². The number of rotatable bonds is 3. The molecule has 0 amide bonds. The fourth-order valence-corrected chi connectivity index (χ4v) is 11.6. The Hall–Kier alpha value is -7.53. The SMILES string of the molecule is c1ccc(-c2nc(-c3ccc4c(c3)Sc3cccc5c3-c3c(cccc3C53c5ccccc5-c5ccccc53)-c3ccccc3N4c3ccccc3)nc3ccccc23)cc1. The molecule has 61 heavy (non-hydrogen) atoms. The van der Waals surface area contributed by atoms with Crippen molar-refractivity contribution in [2.75, 3.05) is 4.90 Å². The number of anilines is 3. The summed E-state index contributed by atoms with van der Waals surface area (Å²) < 4.78 is 0. The van der Waals surface area contributed by atoms with E-state index in [-0.39, 0.29) is 0 Å². The van der Waals surface area contributed by atoms with E-state index in [0.29, 0.717) is 5.82 Å². The molecule has 1 aromatic heterocycles. The van der Waals surface area contributed by atoms with E-state index < -0.39 is 5.41 Å². The van der Waals surface area contributed by atoms with Crippen LogP contribution >= 0.6 is 11.8 Å². The van der Waals surface area contributed by atoms with Crippen LogP contribution in [-0.4, -0.2) is 9.97 Å². The molecule has 0 N–H and O–H groups in total. The molecular weight excluding hydrogens is 759 g/mol. The average Bonchev–Trinajstić information content (AvgIpc) is 3.81. The van der Waals surface area contributed by atoms with Crippen LogP contribution in [0, 0.1) is 0 Å². The molecule has 10 aromatic rings. The van der Waals surface area contributed by atoms with Crippen LogP contribution in [-0.2, 0) is 5.41 Å². The van der Waals surface area contributed by atoms with Gasteiger partial charge in [0.2, 0.25) is 0 Å². The van der Waals surface area contributed by atoms with E-state index in [1.165, 1.54) is 60.5 Å². The molecule has 0 radical (unpaired) electrons. The second kappa shape index (κ2) is 13.2. The summed E-state index contributed by atoms with van der Waals surface area (Å²) in [6.45, 7) is 0. The minimum absolute atomic E-state index is 0.468. The summed E-state index contributed by atoms with van der Waals surface area (Å²) in [5.41, 5.74) is 19.7. The highest BCUT2D eigenvalue weighted by molar-refractivity contribution is 7.99.